The van der Waals surface area contributed by atoms with Crippen LogP contribution in [-0.4, -0.2) is 47.9 Å². The summed E-state index contributed by atoms with van der Waals surface area (Å²) in [6, 6.07) is 11.7. The van der Waals surface area contributed by atoms with Crippen molar-refractivity contribution in [2.75, 3.05) is 26.1 Å². The van der Waals surface area contributed by atoms with Crippen LogP contribution < -0.4 is 19.5 Å². The van der Waals surface area contributed by atoms with Gasteiger partial charge in [0.05, 0.1) is 31.2 Å². The van der Waals surface area contributed by atoms with Crippen molar-refractivity contribution < 1.29 is 34.0 Å². The Morgan fingerprint density at radius 1 is 1.11 bits per heavy atom. The van der Waals surface area contributed by atoms with Crippen molar-refractivity contribution in [2.45, 2.75) is 6.10 Å². The van der Waals surface area contributed by atoms with Crippen LogP contribution in [0.4, 0.5) is 5.69 Å². The maximum Gasteiger partial charge on any atom is 0.341 e. The molecule has 2 aromatic carbocycles. The van der Waals surface area contributed by atoms with Crippen LogP contribution in [0.15, 0.2) is 48.7 Å². The highest BCUT2D eigenvalue weighted by molar-refractivity contribution is 6.35. The van der Waals surface area contributed by atoms with Gasteiger partial charge in [0.2, 0.25) is 0 Å². The van der Waals surface area contributed by atoms with Crippen LogP contribution in [0.25, 0.3) is 11.6 Å². The van der Waals surface area contributed by atoms with Gasteiger partial charge in [-0.2, -0.15) is 0 Å². The van der Waals surface area contributed by atoms with Gasteiger partial charge in [-0.05, 0) is 42.0 Å². The zero-order chi connectivity index (χ0) is 24.9. The van der Waals surface area contributed by atoms with E-state index in [9.17, 15) is 14.7 Å². The molecule has 1 aliphatic rings. The van der Waals surface area contributed by atoms with Crippen LogP contribution in [0, 0.1) is 11.8 Å². The van der Waals surface area contributed by atoms with Crippen LogP contribution in [0.5, 0.6) is 17.2 Å². The van der Waals surface area contributed by atoms with E-state index in [2.05, 4.69) is 22.1 Å². The number of aliphatic carboxylic acids is 1. The Kier molecular flexibility index (Phi) is 6.76. The molecule has 0 aliphatic carbocycles. The number of aromatic amines is 1. The number of anilines is 1. The summed E-state index contributed by atoms with van der Waals surface area (Å²) in [7, 11) is 2.96. The average Bonchev–Trinajstić information content (AvgIpc) is 3.44. The number of amides is 1. The summed E-state index contributed by atoms with van der Waals surface area (Å²) in [5.41, 5.74) is 3.31. The molecule has 0 saturated heterocycles. The lowest BCUT2D eigenvalue weighted by Crippen LogP contribution is -2.10. The maximum absolute atomic E-state index is 12.7. The fraction of sp³-hybridized carbons (Fsp3) is 0.154. The van der Waals surface area contributed by atoms with E-state index in [1.165, 1.54) is 19.2 Å². The van der Waals surface area contributed by atoms with Crippen LogP contribution in [0.2, 0.25) is 0 Å². The highest BCUT2D eigenvalue weighted by Crippen LogP contribution is 2.36. The van der Waals surface area contributed by atoms with Crippen molar-refractivity contribution in [1.29, 1.82) is 0 Å². The van der Waals surface area contributed by atoms with Gasteiger partial charge in [-0.1, -0.05) is 24.0 Å². The number of methoxy groups -OCH3 is 2. The van der Waals surface area contributed by atoms with Gasteiger partial charge in [0.15, 0.2) is 18.1 Å². The second-order valence-electron chi connectivity index (χ2n) is 7.46. The number of carbonyl (C=O) groups excluding carboxylic acids is 1. The van der Waals surface area contributed by atoms with E-state index in [-0.39, 0.29) is 17.4 Å². The van der Waals surface area contributed by atoms with Crippen molar-refractivity contribution >= 4 is 29.2 Å². The number of nitrogens with one attached hydrogen (secondary N) is 2. The number of carboxylic acids is 1. The van der Waals surface area contributed by atoms with E-state index in [4.69, 9.17) is 19.3 Å². The number of benzene rings is 2. The van der Waals surface area contributed by atoms with Gasteiger partial charge in [-0.15, -0.1) is 0 Å². The molecule has 1 aliphatic heterocycles. The number of hydrogen-bond acceptors (Lipinski definition) is 6. The summed E-state index contributed by atoms with van der Waals surface area (Å²) in [5.74, 6) is 5.48. The zero-order valence-corrected chi connectivity index (χ0v) is 18.9. The molecule has 0 saturated carbocycles. The summed E-state index contributed by atoms with van der Waals surface area (Å²) in [5, 5.41) is 22.3. The summed E-state index contributed by atoms with van der Waals surface area (Å²) >= 11 is 0. The lowest BCUT2D eigenvalue weighted by Gasteiger charge is -2.12. The minimum absolute atomic E-state index is 0.235. The Hall–Kier alpha value is -4.68. The molecule has 0 spiro atoms. The van der Waals surface area contributed by atoms with E-state index in [1.807, 2.05) is 0 Å². The molecule has 0 fully saturated rings. The van der Waals surface area contributed by atoms with Gasteiger partial charge in [-0.25, -0.2) is 4.79 Å². The number of carbonyl (C=O) groups is 2. The van der Waals surface area contributed by atoms with Crippen LogP contribution >= 0.6 is 0 Å². The van der Waals surface area contributed by atoms with Crippen molar-refractivity contribution in [3.8, 4) is 29.1 Å². The molecule has 1 aromatic heterocycles. The molecule has 1 atom stereocenters. The van der Waals surface area contributed by atoms with Gasteiger partial charge in [-0.3, -0.25) is 4.79 Å². The largest absolute Gasteiger partial charge is 0.495 e. The molecule has 0 radical (unpaired) electrons. The third-order valence-corrected chi connectivity index (χ3v) is 5.27. The SMILES string of the molecule is COc1cc(C(O)C#Cc2cccc3c2/C(=C/c2[nH]ccc2OC)C(=O)N3)ccc1OCC(=O)O. The third kappa shape index (κ3) is 4.98. The summed E-state index contributed by atoms with van der Waals surface area (Å²) in [4.78, 5) is 26.5. The minimum atomic E-state index is -1.17. The Balaban J connectivity index is 1.65. The lowest BCUT2D eigenvalue weighted by molar-refractivity contribution is -0.139. The molecule has 4 rings (SSSR count). The molecule has 0 bridgehead atoms. The molecule has 35 heavy (non-hydrogen) atoms. The van der Waals surface area contributed by atoms with Crippen LogP contribution in [0.3, 0.4) is 0 Å². The molecule has 3 aromatic rings. The number of hydrogen-bond donors (Lipinski definition) is 4. The van der Waals surface area contributed by atoms with Crippen LogP contribution in [0.1, 0.15) is 28.5 Å². The quantitative estimate of drug-likeness (QED) is 0.306. The fourth-order valence-electron chi connectivity index (χ4n) is 3.64. The molecule has 4 N–H and O–H groups in total. The molecular weight excluding hydrogens is 452 g/mol. The molecule has 2 heterocycles. The third-order valence-electron chi connectivity index (χ3n) is 5.27. The van der Waals surface area contributed by atoms with E-state index in [0.717, 1.165) is 0 Å². The first kappa shape index (κ1) is 23.5. The second kappa shape index (κ2) is 10.1. The Morgan fingerprint density at radius 3 is 2.66 bits per heavy atom. The average molecular weight is 474 g/mol. The maximum atomic E-state index is 12.7. The number of aliphatic hydroxyl groups is 1. The Labute approximate surface area is 201 Å². The summed E-state index contributed by atoms with van der Waals surface area (Å²) in [6.45, 7) is -0.520. The number of aromatic nitrogens is 1. The topological polar surface area (TPSA) is 130 Å². The van der Waals surface area contributed by atoms with Gasteiger partial charge < -0.3 is 34.7 Å². The van der Waals surface area contributed by atoms with Gasteiger partial charge in [0, 0.05) is 17.3 Å². The molecule has 1 unspecified atom stereocenters. The smallest absolute Gasteiger partial charge is 0.341 e. The van der Waals surface area contributed by atoms with Gasteiger partial charge in [0.25, 0.3) is 5.91 Å². The first-order chi connectivity index (χ1) is 16.9. The van der Waals surface area contributed by atoms with Gasteiger partial charge in [0.1, 0.15) is 11.9 Å². The Bertz CT molecular complexity index is 1380. The Morgan fingerprint density at radius 2 is 1.91 bits per heavy atom. The van der Waals surface area contributed by atoms with Crippen molar-refractivity contribution in [1.82, 2.24) is 4.98 Å². The van der Waals surface area contributed by atoms with E-state index >= 15 is 0 Å². The summed E-state index contributed by atoms with van der Waals surface area (Å²) < 4.78 is 15.7. The zero-order valence-electron chi connectivity index (χ0n) is 18.9. The number of fused-ring (bicyclic) bond motifs is 1. The van der Waals surface area contributed by atoms with Crippen molar-refractivity contribution in [3.63, 3.8) is 0 Å². The highest BCUT2D eigenvalue weighted by atomic mass is 16.5. The standard InChI is InChI=1S/C26H22N2O7/c1-33-21-10-11-27-19(21)13-17-25-15(4-3-5-18(25)28-26(17)32)6-8-20(29)16-7-9-22(23(12-16)34-2)35-14-24(30)31/h3-5,7,9-13,20,27,29H,14H2,1-2H3,(H,28,32)(H,30,31)/b17-13-. The van der Waals surface area contributed by atoms with Crippen LogP contribution in [-0.2, 0) is 9.59 Å². The van der Waals surface area contributed by atoms with Crippen molar-refractivity contribution in [2.24, 2.45) is 0 Å². The number of rotatable bonds is 7. The fourth-order valence-corrected chi connectivity index (χ4v) is 3.64. The second-order valence-corrected chi connectivity index (χ2v) is 7.46. The molecular formula is C26H22N2O7. The first-order valence-corrected chi connectivity index (χ1v) is 10.5. The molecule has 1 amide bonds. The minimum Gasteiger partial charge on any atom is -0.495 e. The number of aliphatic hydroxyl groups excluding tert-OH is 1. The van der Waals surface area contributed by atoms with Gasteiger partial charge >= 0.3 is 5.97 Å². The predicted octanol–water partition coefficient (Wildman–Crippen LogP) is 3.07. The number of ether oxygens (including phenoxy) is 3. The lowest BCUT2D eigenvalue weighted by atomic mass is 9.99. The van der Waals surface area contributed by atoms with E-state index < -0.39 is 18.7 Å². The number of H-pyrrole nitrogens is 1. The number of carboxylic acid groups (broad SMARTS) is 1. The molecule has 9 heteroatoms. The monoisotopic (exact) mass is 474 g/mol. The summed E-state index contributed by atoms with van der Waals surface area (Å²) in [6.07, 6.45) is 2.24. The highest BCUT2D eigenvalue weighted by Gasteiger charge is 2.27. The van der Waals surface area contributed by atoms with E-state index in [0.29, 0.717) is 39.4 Å². The first-order valence-electron chi connectivity index (χ1n) is 10.5. The van der Waals surface area contributed by atoms with Crippen molar-refractivity contribution in [3.05, 3.63) is 71.0 Å². The molecule has 9 nitrogen and oxygen atoms in total. The predicted molar refractivity (Wildman–Crippen MR) is 128 cm³/mol. The normalized spacial score (nSPS) is 13.9. The van der Waals surface area contributed by atoms with E-state index in [1.54, 1.807) is 49.7 Å². The molecule has 178 valence electrons.